The van der Waals surface area contributed by atoms with E-state index < -0.39 is 0 Å². The minimum absolute atomic E-state index is 1.10. The summed E-state index contributed by atoms with van der Waals surface area (Å²) in [6.45, 7) is 6.62. The van der Waals surface area contributed by atoms with Crippen molar-refractivity contribution in [3.63, 3.8) is 0 Å². The zero-order valence-corrected chi connectivity index (χ0v) is 10.5. The highest BCUT2D eigenvalue weighted by Gasteiger charge is 2.07. The van der Waals surface area contributed by atoms with Gasteiger partial charge in [-0.25, -0.2) is 0 Å². The predicted molar refractivity (Wildman–Crippen MR) is 65.8 cm³/mol. The van der Waals surface area contributed by atoms with Gasteiger partial charge in [0.25, 0.3) is 0 Å². The topological polar surface area (TPSA) is 3.24 Å². The van der Waals surface area contributed by atoms with E-state index in [1.165, 1.54) is 18.5 Å². The molecular weight excluding hydrogens is 238 g/mol. The number of para-hydroxylation sites is 1. The minimum atomic E-state index is 1.10. The van der Waals surface area contributed by atoms with Gasteiger partial charge in [-0.2, -0.15) is 0 Å². The summed E-state index contributed by atoms with van der Waals surface area (Å²) in [4.78, 5) is 2.38. The lowest BCUT2D eigenvalue weighted by Crippen LogP contribution is -2.25. The molecule has 1 nitrogen and oxygen atoms in total. The van der Waals surface area contributed by atoms with Crippen LogP contribution < -0.4 is 4.90 Å². The molecule has 77 valence electrons. The summed E-state index contributed by atoms with van der Waals surface area (Å²) in [5.41, 5.74) is 1.19. The number of benzene rings is 1. The molecule has 0 amide bonds. The Morgan fingerprint density at radius 1 is 1.29 bits per heavy atom. The second-order valence-electron chi connectivity index (χ2n) is 3.35. The van der Waals surface area contributed by atoms with Gasteiger partial charge in [-0.15, -0.1) is 0 Å². The summed E-state index contributed by atoms with van der Waals surface area (Å²) < 4.78 is 1.14. The molecule has 0 aromatic heterocycles. The molecule has 14 heavy (non-hydrogen) atoms. The molecule has 0 aliphatic heterocycles. The summed E-state index contributed by atoms with van der Waals surface area (Å²) in [6, 6.07) is 9.33. The van der Waals surface area contributed by atoms with Gasteiger partial charge in [0.05, 0.1) is 5.69 Å². The first-order valence-electron chi connectivity index (χ1n) is 5.20. The molecule has 0 N–H and O–H groups in total. The third-order valence-corrected chi connectivity index (χ3v) is 2.73. The number of hydrogen-bond donors (Lipinski definition) is 0. The summed E-state index contributed by atoms with van der Waals surface area (Å²) >= 11 is 3.56. The Kier molecular flexibility index (Phi) is 5.02. The Morgan fingerprint density at radius 2 is 1.93 bits per heavy atom. The zero-order chi connectivity index (χ0) is 10.4. The molecule has 0 aliphatic carbocycles. The maximum Gasteiger partial charge on any atom is 0.0591 e. The Labute approximate surface area is 95.2 Å². The van der Waals surface area contributed by atoms with Gasteiger partial charge in [0.15, 0.2) is 0 Å². The van der Waals surface area contributed by atoms with Crippen LogP contribution in [0.2, 0.25) is 0 Å². The second-order valence-corrected chi connectivity index (χ2v) is 4.21. The lowest BCUT2D eigenvalue weighted by molar-refractivity contribution is 0.743. The first kappa shape index (κ1) is 11.6. The van der Waals surface area contributed by atoms with Gasteiger partial charge < -0.3 is 4.90 Å². The van der Waals surface area contributed by atoms with Crippen molar-refractivity contribution in [1.82, 2.24) is 0 Å². The third-order valence-electron chi connectivity index (χ3n) is 2.09. The molecule has 0 saturated carbocycles. The SMILES string of the molecule is CCCN(CCC)c1[c]cccc1Br. The van der Waals surface area contributed by atoms with E-state index in [2.05, 4.69) is 46.8 Å². The maximum absolute atomic E-state index is 3.56. The van der Waals surface area contributed by atoms with Crippen LogP contribution in [0.3, 0.4) is 0 Å². The predicted octanol–water partition coefficient (Wildman–Crippen LogP) is 3.88. The first-order chi connectivity index (χ1) is 6.79. The highest BCUT2D eigenvalue weighted by molar-refractivity contribution is 9.10. The number of halogens is 1. The molecular formula is C12H17BrN. The van der Waals surface area contributed by atoms with E-state index in [4.69, 9.17) is 0 Å². The van der Waals surface area contributed by atoms with Gasteiger partial charge >= 0.3 is 0 Å². The molecule has 0 atom stereocenters. The van der Waals surface area contributed by atoms with Crippen LogP contribution in [0.4, 0.5) is 5.69 Å². The van der Waals surface area contributed by atoms with Crippen molar-refractivity contribution in [2.24, 2.45) is 0 Å². The fraction of sp³-hybridized carbons (Fsp3) is 0.500. The number of anilines is 1. The normalized spacial score (nSPS) is 10.2. The average Bonchev–Trinajstić information content (AvgIpc) is 2.18. The van der Waals surface area contributed by atoms with Crippen LogP contribution in [0.15, 0.2) is 22.7 Å². The standard InChI is InChI=1S/C12H17BrN/c1-3-9-14(10-4-2)12-8-6-5-7-11(12)13/h5-7H,3-4,9-10H2,1-2H3. The van der Waals surface area contributed by atoms with Crippen molar-refractivity contribution in [3.8, 4) is 0 Å². The van der Waals surface area contributed by atoms with Crippen molar-refractivity contribution < 1.29 is 0 Å². The van der Waals surface area contributed by atoms with Crippen LogP contribution in [0, 0.1) is 6.07 Å². The fourth-order valence-corrected chi connectivity index (χ4v) is 2.04. The molecule has 1 rings (SSSR count). The summed E-state index contributed by atoms with van der Waals surface area (Å²) in [5.74, 6) is 0. The monoisotopic (exact) mass is 254 g/mol. The van der Waals surface area contributed by atoms with Crippen LogP contribution >= 0.6 is 15.9 Å². The van der Waals surface area contributed by atoms with Crippen molar-refractivity contribution in [1.29, 1.82) is 0 Å². The van der Waals surface area contributed by atoms with Crippen molar-refractivity contribution in [2.45, 2.75) is 26.7 Å². The molecule has 0 heterocycles. The Hall–Kier alpha value is -0.500. The summed E-state index contributed by atoms with van der Waals surface area (Å²) in [5, 5.41) is 0. The lowest BCUT2D eigenvalue weighted by atomic mass is 10.2. The lowest BCUT2D eigenvalue weighted by Gasteiger charge is -2.24. The van der Waals surface area contributed by atoms with E-state index in [0.29, 0.717) is 0 Å². The molecule has 2 heteroatoms. The molecule has 0 bridgehead atoms. The smallest absolute Gasteiger partial charge is 0.0591 e. The summed E-state index contributed by atoms with van der Waals surface area (Å²) in [7, 11) is 0. The van der Waals surface area contributed by atoms with Crippen LogP contribution in [-0.4, -0.2) is 13.1 Å². The van der Waals surface area contributed by atoms with Crippen LogP contribution in [0.1, 0.15) is 26.7 Å². The van der Waals surface area contributed by atoms with Crippen molar-refractivity contribution in [3.05, 3.63) is 28.7 Å². The van der Waals surface area contributed by atoms with Crippen LogP contribution in [0.25, 0.3) is 0 Å². The quantitative estimate of drug-likeness (QED) is 0.771. The fourth-order valence-electron chi connectivity index (χ4n) is 1.53. The molecule has 0 spiro atoms. The van der Waals surface area contributed by atoms with Crippen molar-refractivity contribution >= 4 is 21.6 Å². The number of nitrogens with zero attached hydrogens (tertiary/aromatic N) is 1. The van der Waals surface area contributed by atoms with E-state index in [9.17, 15) is 0 Å². The van der Waals surface area contributed by atoms with Gasteiger partial charge in [-0.05, 0) is 34.8 Å². The maximum atomic E-state index is 3.56. The van der Waals surface area contributed by atoms with Gasteiger partial charge in [-0.1, -0.05) is 26.0 Å². The van der Waals surface area contributed by atoms with Gasteiger partial charge in [-0.3, -0.25) is 0 Å². The zero-order valence-electron chi connectivity index (χ0n) is 8.89. The third kappa shape index (κ3) is 3.02. The van der Waals surface area contributed by atoms with E-state index >= 15 is 0 Å². The summed E-state index contributed by atoms with van der Waals surface area (Å²) in [6.07, 6.45) is 2.35. The first-order valence-corrected chi connectivity index (χ1v) is 6.00. The molecule has 0 fully saturated rings. The van der Waals surface area contributed by atoms with Crippen molar-refractivity contribution in [2.75, 3.05) is 18.0 Å². The van der Waals surface area contributed by atoms with Crippen LogP contribution in [0.5, 0.6) is 0 Å². The molecule has 1 radical (unpaired) electrons. The highest BCUT2D eigenvalue weighted by Crippen LogP contribution is 2.25. The number of hydrogen-bond acceptors (Lipinski definition) is 1. The van der Waals surface area contributed by atoms with Gasteiger partial charge in [0.1, 0.15) is 0 Å². The van der Waals surface area contributed by atoms with Gasteiger partial charge in [0, 0.05) is 23.6 Å². The average molecular weight is 255 g/mol. The molecule has 0 saturated heterocycles. The van der Waals surface area contributed by atoms with Crippen LogP contribution in [-0.2, 0) is 0 Å². The highest BCUT2D eigenvalue weighted by atomic mass is 79.9. The Morgan fingerprint density at radius 3 is 2.43 bits per heavy atom. The largest absolute Gasteiger partial charge is 0.370 e. The molecule has 1 aromatic carbocycles. The molecule has 0 unspecified atom stereocenters. The Bertz CT molecular complexity index is 267. The van der Waals surface area contributed by atoms with E-state index in [1.807, 2.05) is 12.1 Å². The molecule has 0 aliphatic rings. The Balaban J connectivity index is 2.81. The molecule has 1 aromatic rings. The minimum Gasteiger partial charge on any atom is -0.370 e. The second kappa shape index (κ2) is 6.07. The van der Waals surface area contributed by atoms with E-state index in [0.717, 1.165) is 17.6 Å². The van der Waals surface area contributed by atoms with E-state index in [-0.39, 0.29) is 0 Å². The van der Waals surface area contributed by atoms with E-state index in [1.54, 1.807) is 0 Å². The number of rotatable bonds is 5. The van der Waals surface area contributed by atoms with Gasteiger partial charge in [0.2, 0.25) is 0 Å².